The van der Waals surface area contributed by atoms with Gasteiger partial charge in [0.15, 0.2) is 0 Å². The van der Waals surface area contributed by atoms with E-state index in [9.17, 15) is 0 Å². The fourth-order valence-electron chi connectivity index (χ4n) is 0.463. The third-order valence-corrected chi connectivity index (χ3v) is 2.08. The average molecular weight is 145 g/mol. The van der Waals surface area contributed by atoms with E-state index < -0.39 is 0 Å². The van der Waals surface area contributed by atoms with Gasteiger partial charge in [-0.2, -0.15) is 17.0 Å². The quantitative estimate of drug-likeness (QED) is 0.595. The molecule has 1 aromatic rings. The summed E-state index contributed by atoms with van der Waals surface area (Å²) in [6, 6.07) is 0. The van der Waals surface area contributed by atoms with Crippen molar-refractivity contribution in [2.75, 3.05) is 0 Å². The van der Waals surface area contributed by atoms with Gasteiger partial charge in [0.05, 0.1) is 5.69 Å². The smallest absolute Gasteiger partial charge is 0.0667 e. The molecule has 0 aliphatic rings. The molecule has 0 atom stereocenters. The lowest BCUT2D eigenvalue weighted by Gasteiger charge is -1.85. The number of thiol groups is 1. The Labute approximate surface area is 58.3 Å². The Morgan fingerprint density at radius 1 is 1.88 bits per heavy atom. The topological polar surface area (TPSA) is 12.9 Å². The normalized spacial score (nSPS) is 9.75. The van der Waals surface area contributed by atoms with Crippen LogP contribution in [-0.4, -0.2) is 4.37 Å². The molecule has 0 bridgehead atoms. The molecule has 0 N–H and O–H groups in total. The van der Waals surface area contributed by atoms with Gasteiger partial charge in [-0.3, -0.25) is 0 Å². The first kappa shape index (κ1) is 6.11. The zero-order valence-electron chi connectivity index (χ0n) is 4.59. The van der Waals surface area contributed by atoms with Crippen LogP contribution in [0.15, 0.2) is 5.38 Å². The van der Waals surface area contributed by atoms with E-state index in [-0.39, 0.29) is 0 Å². The number of aromatic nitrogens is 1. The molecular formula is C5H7NS2. The van der Waals surface area contributed by atoms with Crippen LogP contribution in [-0.2, 0) is 5.75 Å². The maximum absolute atomic E-state index is 4.10. The largest absolute Gasteiger partial charge is 0.197 e. The summed E-state index contributed by atoms with van der Waals surface area (Å²) in [6.45, 7) is 2.05. The molecule has 0 aliphatic carbocycles. The van der Waals surface area contributed by atoms with Crippen LogP contribution in [0.5, 0.6) is 0 Å². The Morgan fingerprint density at radius 3 is 2.88 bits per heavy atom. The van der Waals surface area contributed by atoms with Crippen LogP contribution in [0.3, 0.4) is 0 Å². The van der Waals surface area contributed by atoms with Crippen molar-refractivity contribution in [1.29, 1.82) is 0 Å². The Kier molecular flexibility index (Phi) is 1.91. The van der Waals surface area contributed by atoms with Gasteiger partial charge in [0, 0.05) is 11.1 Å². The van der Waals surface area contributed by atoms with E-state index in [1.807, 2.05) is 5.38 Å². The van der Waals surface area contributed by atoms with Crippen LogP contribution in [0.2, 0.25) is 0 Å². The summed E-state index contributed by atoms with van der Waals surface area (Å²) in [5, 5.41) is 2.03. The second kappa shape index (κ2) is 2.51. The molecule has 1 heterocycles. The minimum Gasteiger partial charge on any atom is -0.197 e. The van der Waals surface area contributed by atoms with Crippen molar-refractivity contribution >= 4 is 24.2 Å². The summed E-state index contributed by atoms with van der Waals surface area (Å²) in [5.41, 5.74) is 2.36. The lowest BCUT2D eigenvalue weighted by atomic mass is 10.3. The van der Waals surface area contributed by atoms with Gasteiger partial charge < -0.3 is 0 Å². The highest BCUT2D eigenvalue weighted by Gasteiger charge is 1.95. The predicted octanol–water partition coefficient (Wildman–Crippen LogP) is 1.88. The van der Waals surface area contributed by atoms with Gasteiger partial charge in [0.1, 0.15) is 0 Å². The standard InChI is InChI=1S/C5H7NS2/c1-4-3-8-6-5(4)2-7/h3,7H,2H2,1H3. The lowest BCUT2D eigenvalue weighted by molar-refractivity contribution is 1.25. The summed E-state index contributed by atoms with van der Waals surface area (Å²) < 4.78 is 4.10. The minimum atomic E-state index is 0.759. The third kappa shape index (κ3) is 1.03. The van der Waals surface area contributed by atoms with Crippen LogP contribution in [0.25, 0.3) is 0 Å². The maximum Gasteiger partial charge on any atom is 0.0667 e. The van der Waals surface area contributed by atoms with Crippen LogP contribution >= 0.6 is 24.2 Å². The number of rotatable bonds is 1. The molecule has 0 radical (unpaired) electrons. The van der Waals surface area contributed by atoms with Gasteiger partial charge in [-0.05, 0) is 24.0 Å². The van der Waals surface area contributed by atoms with Crippen molar-refractivity contribution in [3.8, 4) is 0 Å². The van der Waals surface area contributed by atoms with E-state index in [4.69, 9.17) is 0 Å². The summed E-state index contributed by atoms with van der Waals surface area (Å²) in [7, 11) is 0. The van der Waals surface area contributed by atoms with Crippen LogP contribution in [0, 0.1) is 6.92 Å². The number of nitrogens with zero attached hydrogens (tertiary/aromatic N) is 1. The van der Waals surface area contributed by atoms with Crippen LogP contribution < -0.4 is 0 Å². The first-order valence-corrected chi connectivity index (χ1v) is 3.82. The second-order valence-corrected chi connectivity index (χ2v) is 2.55. The molecule has 0 aromatic carbocycles. The van der Waals surface area contributed by atoms with Gasteiger partial charge in [0.25, 0.3) is 0 Å². The lowest BCUT2D eigenvalue weighted by Crippen LogP contribution is -1.77. The molecule has 44 valence electrons. The SMILES string of the molecule is Cc1csnc1CS. The van der Waals surface area contributed by atoms with Crippen molar-refractivity contribution < 1.29 is 0 Å². The highest BCUT2D eigenvalue weighted by Crippen LogP contribution is 2.09. The molecule has 1 aromatic heterocycles. The van der Waals surface area contributed by atoms with Gasteiger partial charge in [-0.1, -0.05) is 0 Å². The first-order chi connectivity index (χ1) is 3.84. The Morgan fingerprint density at radius 2 is 2.62 bits per heavy atom. The molecule has 0 aliphatic heterocycles. The molecular weight excluding hydrogens is 138 g/mol. The van der Waals surface area contributed by atoms with Crippen molar-refractivity contribution in [2.45, 2.75) is 12.7 Å². The summed E-state index contributed by atoms with van der Waals surface area (Å²) in [6.07, 6.45) is 0. The van der Waals surface area contributed by atoms with E-state index in [0.717, 1.165) is 11.4 Å². The van der Waals surface area contributed by atoms with Crippen molar-refractivity contribution in [3.05, 3.63) is 16.6 Å². The second-order valence-electron chi connectivity index (χ2n) is 1.60. The van der Waals surface area contributed by atoms with E-state index in [1.54, 1.807) is 0 Å². The van der Waals surface area contributed by atoms with Gasteiger partial charge in [-0.25, -0.2) is 0 Å². The molecule has 0 amide bonds. The van der Waals surface area contributed by atoms with Crippen molar-refractivity contribution in [2.24, 2.45) is 0 Å². The Bertz CT molecular complexity index is 171. The third-order valence-electron chi connectivity index (χ3n) is 0.997. The molecule has 0 saturated heterocycles. The zero-order chi connectivity index (χ0) is 5.98. The van der Waals surface area contributed by atoms with Crippen LogP contribution in [0.4, 0.5) is 0 Å². The van der Waals surface area contributed by atoms with E-state index in [1.165, 1.54) is 17.1 Å². The van der Waals surface area contributed by atoms with E-state index >= 15 is 0 Å². The monoisotopic (exact) mass is 145 g/mol. The first-order valence-electron chi connectivity index (χ1n) is 2.35. The predicted molar refractivity (Wildman–Crippen MR) is 39.5 cm³/mol. The van der Waals surface area contributed by atoms with E-state index in [2.05, 4.69) is 23.9 Å². The molecule has 0 saturated carbocycles. The Balaban J connectivity index is 2.92. The highest BCUT2D eigenvalue weighted by molar-refractivity contribution is 7.79. The summed E-state index contributed by atoms with van der Waals surface area (Å²) >= 11 is 5.58. The van der Waals surface area contributed by atoms with Crippen molar-refractivity contribution in [1.82, 2.24) is 4.37 Å². The minimum absolute atomic E-state index is 0.759. The number of aryl methyl sites for hydroxylation is 1. The molecule has 0 fully saturated rings. The van der Waals surface area contributed by atoms with E-state index in [0.29, 0.717) is 0 Å². The average Bonchev–Trinajstić information content (AvgIpc) is 2.14. The molecule has 1 rings (SSSR count). The summed E-state index contributed by atoms with van der Waals surface area (Å²) in [5.74, 6) is 0.759. The van der Waals surface area contributed by atoms with Gasteiger partial charge in [-0.15, -0.1) is 0 Å². The zero-order valence-corrected chi connectivity index (χ0v) is 6.30. The fraction of sp³-hybridized carbons (Fsp3) is 0.400. The summed E-state index contributed by atoms with van der Waals surface area (Å²) in [4.78, 5) is 0. The molecule has 1 nitrogen and oxygen atoms in total. The highest BCUT2D eigenvalue weighted by atomic mass is 32.1. The Hall–Kier alpha value is -0.0200. The molecule has 0 spiro atoms. The van der Waals surface area contributed by atoms with Crippen LogP contribution in [0.1, 0.15) is 11.3 Å². The maximum atomic E-state index is 4.10. The number of hydrogen-bond acceptors (Lipinski definition) is 3. The van der Waals surface area contributed by atoms with Gasteiger partial charge >= 0.3 is 0 Å². The number of hydrogen-bond donors (Lipinski definition) is 1. The molecule has 8 heavy (non-hydrogen) atoms. The van der Waals surface area contributed by atoms with Crippen molar-refractivity contribution in [3.63, 3.8) is 0 Å². The van der Waals surface area contributed by atoms with Gasteiger partial charge in [0.2, 0.25) is 0 Å². The molecule has 0 unspecified atom stereocenters. The molecule has 3 heteroatoms. The fourth-order valence-corrected chi connectivity index (χ4v) is 1.56.